The van der Waals surface area contributed by atoms with E-state index in [0.717, 1.165) is 12.8 Å². The molecule has 1 aliphatic rings. The smallest absolute Gasteiger partial charge is 0.236 e. The minimum Gasteiger partial charge on any atom is -0.409 e. The van der Waals surface area contributed by atoms with Gasteiger partial charge in [-0.1, -0.05) is 12.1 Å². The second-order valence-electron chi connectivity index (χ2n) is 4.92. The van der Waals surface area contributed by atoms with Crippen molar-refractivity contribution >= 4 is 11.7 Å². The van der Waals surface area contributed by atoms with Gasteiger partial charge in [0.15, 0.2) is 5.84 Å². The number of ether oxygens (including phenoxy) is 1. The van der Waals surface area contributed by atoms with Gasteiger partial charge in [-0.3, -0.25) is 4.79 Å². The van der Waals surface area contributed by atoms with Gasteiger partial charge in [-0.15, -0.1) is 0 Å². The van der Waals surface area contributed by atoms with Crippen LogP contribution in [0.1, 0.15) is 33.1 Å². The highest BCUT2D eigenvalue weighted by molar-refractivity contribution is 6.06. The fraction of sp³-hybridized carbons (Fsp3) is 0.833. The molecule has 0 bridgehead atoms. The third-order valence-electron chi connectivity index (χ3n) is 3.85. The van der Waals surface area contributed by atoms with E-state index < -0.39 is 5.41 Å². The summed E-state index contributed by atoms with van der Waals surface area (Å²) in [5.74, 6) is -0.128. The van der Waals surface area contributed by atoms with E-state index in [1.165, 1.54) is 0 Å². The maximum absolute atomic E-state index is 12.5. The van der Waals surface area contributed by atoms with E-state index in [-0.39, 0.29) is 17.8 Å². The molecule has 0 aromatic carbocycles. The molecule has 1 rings (SSSR count). The van der Waals surface area contributed by atoms with E-state index in [4.69, 9.17) is 15.7 Å². The quantitative estimate of drug-likeness (QED) is 0.337. The van der Waals surface area contributed by atoms with Gasteiger partial charge in [0.25, 0.3) is 0 Å². The van der Waals surface area contributed by atoms with Crippen LogP contribution in [-0.4, -0.2) is 48.2 Å². The van der Waals surface area contributed by atoms with Crippen LogP contribution in [0, 0.1) is 5.41 Å². The Morgan fingerprint density at radius 3 is 2.83 bits per heavy atom. The van der Waals surface area contributed by atoms with E-state index in [1.807, 2.05) is 6.92 Å². The zero-order chi connectivity index (χ0) is 13.8. The number of methoxy groups -OCH3 is 1. The van der Waals surface area contributed by atoms with Crippen molar-refractivity contribution in [3.8, 4) is 0 Å². The van der Waals surface area contributed by atoms with Crippen molar-refractivity contribution in [2.75, 3.05) is 20.2 Å². The monoisotopic (exact) mass is 257 g/mol. The molecule has 1 fully saturated rings. The molecule has 1 heterocycles. The van der Waals surface area contributed by atoms with Gasteiger partial charge >= 0.3 is 0 Å². The first-order valence-corrected chi connectivity index (χ1v) is 6.29. The van der Waals surface area contributed by atoms with Gasteiger partial charge in [-0.2, -0.15) is 0 Å². The van der Waals surface area contributed by atoms with Crippen LogP contribution in [0.25, 0.3) is 0 Å². The molecule has 3 N–H and O–H groups in total. The molecule has 18 heavy (non-hydrogen) atoms. The van der Waals surface area contributed by atoms with Crippen molar-refractivity contribution in [2.45, 2.75) is 39.2 Å². The van der Waals surface area contributed by atoms with Gasteiger partial charge in [-0.05, 0) is 26.2 Å². The Balaban J connectivity index is 2.84. The molecule has 2 atom stereocenters. The Bertz CT molecular complexity index is 333. The van der Waals surface area contributed by atoms with Gasteiger partial charge < -0.3 is 20.6 Å². The Morgan fingerprint density at radius 2 is 2.33 bits per heavy atom. The summed E-state index contributed by atoms with van der Waals surface area (Å²) in [6, 6.07) is 0. The molecule has 6 nitrogen and oxygen atoms in total. The zero-order valence-corrected chi connectivity index (χ0v) is 11.3. The first-order valence-electron chi connectivity index (χ1n) is 6.29. The van der Waals surface area contributed by atoms with E-state index in [1.54, 1.807) is 18.9 Å². The summed E-state index contributed by atoms with van der Waals surface area (Å²) in [5.41, 5.74) is 4.72. The van der Waals surface area contributed by atoms with E-state index >= 15 is 0 Å². The molecule has 0 aromatic rings. The van der Waals surface area contributed by atoms with Gasteiger partial charge in [-0.25, -0.2) is 0 Å². The van der Waals surface area contributed by atoms with Crippen molar-refractivity contribution in [1.82, 2.24) is 4.90 Å². The van der Waals surface area contributed by atoms with Crippen LogP contribution in [-0.2, 0) is 9.53 Å². The summed E-state index contributed by atoms with van der Waals surface area (Å²) < 4.78 is 5.30. The average Bonchev–Trinajstić information content (AvgIpc) is 2.44. The van der Waals surface area contributed by atoms with Gasteiger partial charge in [0, 0.05) is 20.2 Å². The lowest BCUT2D eigenvalue weighted by atomic mass is 9.84. The first-order chi connectivity index (χ1) is 8.49. The number of carbonyl (C=O) groups is 1. The summed E-state index contributed by atoms with van der Waals surface area (Å²) in [7, 11) is 1.65. The van der Waals surface area contributed by atoms with Crippen molar-refractivity contribution in [3.63, 3.8) is 0 Å². The summed E-state index contributed by atoms with van der Waals surface area (Å²) in [4.78, 5) is 14.3. The Hall–Kier alpha value is -1.30. The largest absolute Gasteiger partial charge is 0.409 e. The SMILES string of the molecule is CCC(C)(C(=O)N1CCCC(OC)C1)C(N)=NO. The van der Waals surface area contributed by atoms with Crippen molar-refractivity contribution in [2.24, 2.45) is 16.3 Å². The molecule has 104 valence electrons. The summed E-state index contributed by atoms with van der Waals surface area (Å²) in [6.45, 7) is 4.84. The predicted molar refractivity (Wildman–Crippen MR) is 68.4 cm³/mol. The zero-order valence-electron chi connectivity index (χ0n) is 11.3. The Morgan fingerprint density at radius 1 is 1.67 bits per heavy atom. The lowest BCUT2D eigenvalue weighted by molar-refractivity contribution is -0.141. The molecule has 0 radical (unpaired) electrons. The maximum Gasteiger partial charge on any atom is 0.236 e. The number of nitrogens with two attached hydrogens (primary N) is 1. The van der Waals surface area contributed by atoms with Gasteiger partial charge in [0.2, 0.25) is 5.91 Å². The molecule has 0 saturated carbocycles. The number of oxime groups is 1. The Labute approximate surface area is 108 Å². The molecule has 1 aliphatic heterocycles. The van der Waals surface area contributed by atoms with Crippen LogP contribution in [0.15, 0.2) is 5.16 Å². The molecule has 0 aromatic heterocycles. The van der Waals surface area contributed by atoms with E-state index in [2.05, 4.69) is 5.16 Å². The third kappa shape index (κ3) is 2.75. The molecule has 0 spiro atoms. The number of hydrogen-bond acceptors (Lipinski definition) is 4. The highest BCUT2D eigenvalue weighted by Crippen LogP contribution is 2.26. The van der Waals surface area contributed by atoms with Crippen LogP contribution in [0.5, 0.6) is 0 Å². The van der Waals surface area contributed by atoms with Crippen molar-refractivity contribution < 1.29 is 14.7 Å². The van der Waals surface area contributed by atoms with Crippen LogP contribution in [0.4, 0.5) is 0 Å². The minimum atomic E-state index is -0.940. The van der Waals surface area contributed by atoms with Crippen molar-refractivity contribution in [1.29, 1.82) is 0 Å². The van der Waals surface area contributed by atoms with Gasteiger partial charge in [0.1, 0.15) is 5.41 Å². The summed E-state index contributed by atoms with van der Waals surface area (Å²) in [5, 5.41) is 11.8. The second kappa shape index (κ2) is 6.04. The minimum absolute atomic E-state index is 0.0328. The van der Waals surface area contributed by atoms with Crippen LogP contribution >= 0.6 is 0 Å². The number of rotatable bonds is 4. The van der Waals surface area contributed by atoms with E-state index in [9.17, 15) is 4.79 Å². The van der Waals surface area contributed by atoms with Crippen LogP contribution in [0.2, 0.25) is 0 Å². The number of amidine groups is 1. The van der Waals surface area contributed by atoms with Crippen LogP contribution < -0.4 is 5.73 Å². The molecule has 2 unspecified atom stereocenters. The topological polar surface area (TPSA) is 88.2 Å². The number of piperidine rings is 1. The number of carbonyl (C=O) groups excluding carboxylic acids is 1. The number of amides is 1. The molecule has 0 aliphatic carbocycles. The third-order valence-corrected chi connectivity index (χ3v) is 3.85. The highest BCUT2D eigenvalue weighted by atomic mass is 16.5. The summed E-state index contributed by atoms with van der Waals surface area (Å²) in [6.07, 6.45) is 2.46. The van der Waals surface area contributed by atoms with Crippen LogP contribution in [0.3, 0.4) is 0 Å². The normalized spacial score (nSPS) is 24.7. The number of hydrogen-bond donors (Lipinski definition) is 2. The lowest BCUT2D eigenvalue weighted by Gasteiger charge is -2.37. The Kier molecular flexibility index (Phi) is 4.95. The molecular formula is C12H23N3O3. The maximum atomic E-state index is 12.5. The fourth-order valence-electron chi connectivity index (χ4n) is 2.22. The summed E-state index contributed by atoms with van der Waals surface area (Å²) >= 11 is 0. The molecule has 6 heteroatoms. The second-order valence-corrected chi connectivity index (χ2v) is 4.92. The van der Waals surface area contributed by atoms with Crippen molar-refractivity contribution in [3.05, 3.63) is 0 Å². The molecule has 1 saturated heterocycles. The first kappa shape index (κ1) is 14.8. The molecular weight excluding hydrogens is 234 g/mol. The van der Waals surface area contributed by atoms with Gasteiger partial charge in [0.05, 0.1) is 6.10 Å². The standard InChI is InChI=1S/C12H23N3O3/c1-4-12(2,10(13)14-17)11(16)15-7-5-6-9(8-15)18-3/h9,17H,4-8H2,1-3H3,(H2,13,14). The lowest BCUT2D eigenvalue weighted by Crippen LogP contribution is -2.53. The van der Waals surface area contributed by atoms with E-state index in [0.29, 0.717) is 19.5 Å². The molecule has 1 amide bonds. The fourth-order valence-corrected chi connectivity index (χ4v) is 2.22. The number of likely N-dealkylation sites (tertiary alicyclic amines) is 1. The average molecular weight is 257 g/mol. The predicted octanol–water partition coefficient (Wildman–Crippen LogP) is 0.787. The highest BCUT2D eigenvalue weighted by Gasteiger charge is 2.40. The number of nitrogens with zero attached hydrogens (tertiary/aromatic N) is 2.